The summed E-state index contributed by atoms with van der Waals surface area (Å²) in [5, 5.41) is 3.31. The maximum absolute atomic E-state index is 11.0. The van der Waals surface area contributed by atoms with Crippen molar-refractivity contribution in [1.29, 1.82) is 0 Å². The number of likely N-dealkylation sites (N-methyl/N-ethyl adjacent to an activating group) is 1. The van der Waals surface area contributed by atoms with Gasteiger partial charge in [0.05, 0.1) is 5.75 Å². The second kappa shape index (κ2) is 6.75. The SMILES string of the molecule is Cc1ccc(NCCN(C)CCS(C)(=O)=O)cc1. The number of nitrogens with zero attached hydrogens (tertiary/aromatic N) is 1. The zero-order chi connectivity index (χ0) is 13.6. The number of benzene rings is 1. The molecule has 18 heavy (non-hydrogen) atoms. The van der Waals surface area contributed by atoms with E-state index in [2.05, 4.69) is 24.4 Å². The minimum atomic E-state index is -2.86. The molecule has 0 unspecified atom stereocenters. The molecule has 0 aliphatic rings. The number of aryl methyl sites for hydroxylation is 1. The number of sulfone groups is 1. The Morgan fingerprint density at radius 2 is 1.78 bits per heavy atom. The van der Waals surface area contributed by atoms with Crippen LogP contribution >= 0.6 is 0 Å². The maximum atomic E-state index is 11.0. The van der Waals surface area contributed by atoms with E-state index in [0.29, 0.717) is 6.54 Å². The highest BCUT2D eigenvalue weighted by atomic mass is 32.2. The van der Waals surface area contributed by atoms with Crippen LogP contribution in [0.1, 0.15) is 5.56 Å². The second-order valence-electron chi connectivity index (χ2n) is 4.73. The molecule has 4 nitrogen and oxygen atoms in total. The van der Waals surface area contributed by atoms with E-state index >= 15 is 0 Å². The summed E-state index contributed by atoms with van der Waals surface area (Å²) in [5.74, 6) is 0.216. The molecule has 0 radical (unpaired) electrons. The first-order valence-corrected chi connectivity index (χ1v) is 8.10. The monoisotopic (exact) mass is 270 g/mol. The van der Waals surface area contributed by atoms with Crippen LogP contribution in [0.3, 0.4) is 0 Å². The van der Waals surface area contributed by atoms with Gasteiger partial charge in [0.15, 0.2) is 0 Å². The maximum Gasteiger partial charge on any atom is 0.148 e. The van der Waals surface area contributed by atoms with Crippen LogP contribution in [-0.2, 0) is 9.84 Å². The first kappa shape index (κ1) is 15.0. The predicted octanol–water partition coefficient (Wildman–Crippen LogP) is 1.38. The molecule has 0 saturated carbocycles. The van der Waals surface area contributed by atoms with Crippen LogP contribution in [0.15, 0.2) is 24.3 Å². The fourth-order valence-electron chi connectivity index (χ4n) is 1.50. The minimum Gasteiger partial charge on any atom is -0.384 e. The molecule has 0 spiro atoms. The summed E-state index contributed by atoms with van der Waals surface area (Å²) >= 11 is 0. The van der Waals surface area contributed by atoms with Crippen molar-refractivity contribution >= 4 is 15.5 Å². The first-order chi connectivity index (χ1) is 8.37. The van der Waals surface area contributed by atoms with E-state index in [9.17, 15) is 8.42 Å². The van der Waals surface area contributed by atoms with Crippen molar-refractivity contribution in [1.82, 2.24) is 4.90 Å². The molecule has 0 aliphatic heterocycles. The van der Waals surface area contributed by atoms with Gasteiger partial charge in [0, 0.05) is 31.6 Å². The molecule has 0 fully saturated rings. The molecule has 0 atom stereocenters. The Kier molecular flexibility index (Phi) is 5.62. The second-order valence-corrected chi connectivity index (χ2v) is 6.99. The molecular formula is C13H22N2O2S. The van der Waals surface area contributed by atoms with Gasteiger partial charge in [-0.3, -0.25) is 0 Å². The zero-order valence-electron chi connectivity index (χ0n) is 11.3. The largest absolute Gasteiger partial charge is 0.384 e. The summed E-state index contributed by atoms with van der Waals surface area (Å²) < 4.78 is 22.0. The van der Waals surface area contributed by atoms with Gasteiger partial charge < -0.3 is 10.2 Å². The minimum absolute atomic E-state index is 0.216. The molecule has 1 rings (SSSR count). The van der Waals surface area contributed by atoms with Gasteiger partial charge in [0.1, 0.15) is 9.84 Å². The van der Waals surface area contributed by atoms with Gasteiger partial charge in [-0.15, -0.1) is 0 Å². The standard InChI is InChI=1S/C13H22N2O2S/c1-12-4-6-13(7-5-12)14-8-9-15(2)10-11-18(3,16)17/h4-7,14H,8-11H2,1-3H3. The molecular weight excluding hydrogens is 248 g/mol. The Morgan fingerprint density at radius 3 is 2.33 bits per heavy atom. The topological polar surface area (TPSA) is 49.4 Å². The number of rotatable bonds is 7. The number of anilines is 1. The van der Waals surface area contributed by atoms with Crippen LogP contribution in [0, 0.1) is 6.92 Å². The molecule has 0 heterocycles. The van der Waals surface area contributed by atoms with E-state index in [0.717, 1.165) is 18.8 Å². The van der Waals surface area contributed by atoms with Gasteiger partial charge in [0.25, 0.3) is 0 Å². The van der Waals surface area contributed by atoms with Crippen molar-refractivity contribution < 1.29 is 8.42 Å². The Labute approximate surface area is 110 Å². The third kappa shape index (κ3) is 6.61. The van der Waals surface area contributed by atoms with Gasteiger partial charge in [-0.25, -0.2) is 8.42 Å². The molecule has 1 N–H and O–H groups in total. The van der Waals surface area contributed by atoms with E-state index in [1.165, 1.54) is 11.8 Å². The van der Waals surface area contributed by atoms with Crippen molar-refractivity contribution in [2.24, 2.45) is 0 Å². The Hall–Kier alpha value is -1.07. The molecule has 0 aromatic heterocycles. The Morgan fingerprint density at radius 1 is 1.17 bits per heavy atom. The number of hydrogen-bond acceptors (Lipinski definition) is 4. The summed E-state index contributed by atoms with van der Waals surface area (Å²) in [6.45, 7) is 4.27. The average Bonchev–Trinajstić information content (AvgIpc) is 2.28. The number of hydrogen-bond donors (Lipinski definition) is 1. The third-order valence-electron chi connectivity index (χ3n) is 2.72. The lowest BCUT2D eigenvalue weighted by molar-refractivity contribution is 0.367. The zero-order valence-corrected chi connectivity index (χ0v) is 12.1. The summed E-state index contributed by atoms with van der Waals surface area (Å²) in [7, 11) is -0.931. The molecule has 102 valence electrons. The van der Waals surface area contributed by atoms with Gasteiger partial charge >= 0.3 is 0 Å². The van der Waals surface area contributed by atoms with Crippen LogP contribution in [-0.4, -0.2) is 52.0 Å². The summed E-state index contributed by atoms with van der Waals surface area (Å²) in [5.41, 5.74) is 2.34. The lowest BCUT2D eigenvalue weighted by Gasteiger charge is -2.16. The summed E-state index contributed by atoms with van der Waals surface area (Å²) in [4.78, 5) is 2.02. The van der Waals surface area contributed by atoms with E-state index in [-0.39, 0.29) is 5.75 Å². The highest BCUT2D eigenvalue weighted by Gasteiger charge is 2.04. The lowest BCUT2D eigenvalue weighted by Crippen LogP contribution is -2.29. The number of nitrogens with one attached hydrogen (secondary N) is 1. The van der Waals surface area contributed by atoms with Crippen LogP contribution in [0.5, 0.6) is 0 Å². The molecule has 1 aromatic rings. The lowest BCUT2D eigenvalue weighted by atomic mass is 10.2. The highest BCUT2D eigenvalue weighted by Crippen LogP contribution is 2.07. The van der Waals surface area contributed by atoms with E-state index in [4.69, 9.17) is 0 Å². The molecule has 0 amide bonds. The van der Waals surface area contributed by atoms with Gasteiger partial charge in [-0.2, -0.15) is 0 Å². The molecule has 0 aliphatic carbocycles. The summed E-state index contributed by atoms with van der Waals surface area (Å²) in [6.07, 6.45) is 1.27. The van der Waals surface area contributed by atoms with Gasteiger partial charge in [-0.1, -0.05) is 17.7 Å². The third-order valence-corrected chi connectivity index (χ3v) is 3.64. The predicted molar refractivity (Wildman–Crippen MR) is 76.9 cm³/mol. The van der Waals surface area contributed by atoms with Crippen LogP contribution < -0.4 is 5.32 Å². The molecule has 0 saturated heterocycles. The van der Waals surface area contributed by atoms with Gasteiger partial charge in [-0.05, 0) is 26.1 Å². The van der Waals surface area contributed by atoms with Crippen molar-refractivity contribution in [3.8, 4) is 0 Å². The molecule has 1 aromatic carbocycles. The van der Waals surface area contributed by atoms with E-state index in [1.54, 1.807) is 0 Å². The van der Waals surface area contributed by atoms with Crippen molar-refractivity contribution in [3.63, 3.8) is 0 Å². The Balaban J connectivity index is 2.23. The van der Waals surface area contributed by atoms with Crippen LogP contribution in [0.4, 0.5) is 5.69 Å². The first-order valence-electron chi connectivity index (χ1n) is 6.03. The molecule has 0 bridgehead atoms. The van der Waals surface area contributed by atoms with E-state index < -0.39 is 9.84 Å². The highest BCUT2D eigenvalue weighted by molar-refractivity contribution is 7.90. The van der Waals surface area contributed by atoms with Crippen molar-refractivity contribution in [2.75, 3.05) is 44.0 Å². The molecule has 5 heteroatoms. The van der Waals surface area contributed by atoms with E-state index in [1.807, 2.05) is 24.1 Å². The smallest absolute Gasteiger partial charge is 0.148 e. The quantitative estimate of drug-likeness (QED) is 0.813. The summed E-state index contributed by atoms with van der Waals surface area (Å²) in [6, 6.07) is 8.23. The van der Waals surface area contributed by atoms with Crippen molar-refractivity contribution in [3.05, 3.63) is 29.8 Å². The van der Waals surface area contributed by atoms with Crippen molar-refractivity contribution in [2.45, 2.75) is 6.92 Å². The van der Waals surface area contributed by atoms with Gasteiger partial charge in [0.2, 0.25) is 0 Å². The van der Waals surface area contributed by atoms with Crippen LogP contribution in [0.2, 0.25) is 0 Å². The average molecular weight is 270 g/mol. The fraction of sp³-hybridized carbons (Fsp3) is 0.538. The Bertz CT molecular complexity index is 454. The fourth-order valence-corrected chi connectivity index (χ4v) is 2.14. The van der Waals surface area contributed by atoms with Crippen LogP contribution in [0.25, 0.3) is 0 Å². The normalized spacial score (nSPS) is 11.8.